The van der Waals surface area contributed by atoms with Crippen LogP contribution in [0.25, 0.3) is 33.4 Å². The summed E-state index contributed by atoms with van der Waals surface area (Å²) in [7, 11) is 0. The van der Waals surface area contributed by atoms with Gasteiger partial charge in [-0.25, -0.2) is 13.8 Å². The fourth-order valence-electron chi connectivity index (χ4n) is 2.80. The monoisotopic (exact) mass is 368 g/mol. The third-order valence-corrected chi connectivity index (χ3v) is 3.93. The number of fused-ring (bicyclic) bond motifs is 3. The summed E-state index contributed by atoms with van der Waals surface area (Å²) in [4.78, 5) is 6.41. The Kier molecular flexibility index (Phi) is 3.30. The molecule has 3 heterocycles. The summed E-state index contributed by atoms with van der Waals surface area (Å²) in [6, 6.07) is 4.78. The number of rotatable bonds is 2. The standard InChI is InChI=1S/C16H9F5N4O/c1-15(17,18)9-5-11(16(19,20)21)24-13-8(9)3-2-7-4-10(23-12(7)13)14-25-22-6-26-14/h2-6,23H,1H3. The van der Waals surface area contributed by atoms with Crippen molar-refractivity contribution < 1.29 is 26.4 Å². The number of alkyl halides is 5. The number of nitrogens with one attached hydrogen (secondary N) is 1. The van der Waals surface area contributed by atoms with Gasteiger partial charge in [-0.1, -0.05) is 12.1 Å². The number of benzene rings is 1. The van der Waals surface area contributed by atoms with Gasteiger partial charge in [0.2, 0.25) is 6.39 Å². The first-order valence-corrected chi connectivity index (χ1v) is 7.33. The van der Waals surface area contributed by atoms with Crippen LogP contribution in [0.1, 0.15) is 18.2 Å². The van der Waals surface area contributed by atoms with Gasteiger partial charge in [-0.15, -0.1) is 10.2 Å². The second-order valence-electron chi connectivity index (χ2n) is 5.79. The minimum Gasteiger partial charge on any atom is -0.422 e. The van der Waals surface area contributed by atoms with E-state index in [1.807, 2.05) is 0 Å². The Morgan fingerprint density at radius 2 is 1.85 bits per heavy atom. The van der Waals surface area contributed by atoms with Crippen LogP contribution in [-0.4, -0.2) is 20.2 Å². The SMILES string of the molecule is CC(F)(F)c1cc(C(F)(F)F)nc2c1ccc1cc(-c3nnco3)[nH]c12. The number of hydrogen-bond donors (Lipinski definition) is 1. The molecule has 10 heteroatoms. The van der Waals surface area contributed by atoms with E-state index in [2.05, 4.69) is 20.2 Å². The fourth-order valence-corrected chi connectivity index (χ4v) is 2.80. The van der Waals surface area contributed by atoms with Crippen molar-refractivity contribution in [3.8, 4) is 11.6 Å². The molecule has 0 amide bonds. The lowest BCUT2D eigenvalue weighted by Crippen LogP contribution is -2.14. The zero-order valence-electron chi connectivity index (χ0n) is 13.0. The Morgan fingerprint density at radius 1 is 1.08 bits per heavy atom. The molecule has 4 rings (SSSR count). The van der Waals surface area contributed by atoms with E-state index in [0.29, 0.717) is 24.1 Å². The summed E-state index contributed by atoms with van der Waals surface area (Å²) in [5.41, 5.74) is -1.82. The summed E-state index contributed by atoms with van der Waals surface area (Å²) in [5, 5.41) is 7.63. The molecular weight excluding hydrogens is 359 g/mol. The summed E-state index contributed by atoms with van der Waals surface area (Å²) >= 11 is 0. The van der Waals surface area contributed by atoms with Gasteiger partial charge >= 0.3 is 6.18 Å². The van der Waals surface area contributed by atoms with Crippen LogP contribution >= 0.6 is 0 Å². The molecule has 0 saturated carbocycles. The minimum atomic E-state index is -4.86. The average molecular weight is 368 g/mol. The van der Waals surface area contributed by atoms with Gasteiger partial charge in [-0.05, 0) is 12.1 Å². The maximum atomic E-state index is 13.9. The van der Waals surface area contributed by atoms with Gasteiger partial charge in [0.05, 0.1) is 11.0 Å². The van der Waals surface area contributed by atoms with Gasteiger partial charge in [0.15, 0.2) is 0 Å². The van der Waals surface area contributed by atoms with Gasteiger partial charge in [0, 0.05) is 23.3 Å². The third kappa shape index (κ3) is 2.57. The van der Waals surface area contributed by atoms with Gasteiger partial charge in [0.25, 0.3) is 11.8 Å². The fraction of sp³-hybridized carbons (Fsp3) is 0.188. The van der Waals surface area contributed by atoms with Crippen LogP contribution in [0.4, 0.5) is 22.0 Å². The number of H-pyrrole nitrogens is 1. The molecule has 0 saturated heterocycles. The van der Waals surface area contributed by atoms with E-state index >= 15 is 0 Å². The summed E-state index contributed by atoms with van der Waals surface area (Å²) in [6.07, 6.45) is -3.77. The van der Waals surface area contributed by atoms with Gasteiger partial charge in [-0.2, -0.15) is 13.2 Å². The lowest BCUT2D eigenvalue weighted by atomic mass is 10.0. The molecule has 0 aliphatic rings. The molecular formula is C16H9F5N4O. The second kappa shape index (κ2) is 5.23. The third-order valence-electron chi connectivity index (χ3n) is 3.93. The van der Waals surface area contributed by atoms with Crippen molar-refractivity contribution in [2.75, 3.05) is 0 Å². The minimum absolute atomic E-state index is 0.0723. The van der Waals surface area contributed by atoms with Gasteiger partial charge in [0.1, 0.15) is 11.4 Å². The molecule has 0 bridgehead atoms. The van der Waals surface area contributed by atoms with Crippen LogP contribution in [-0.2, 0) is 12.1 Å². The molecule has 0 atom stereocenters. The highest BCUT2D eigenvalue weighted by Gasteiger charge is 2.37. The number of pyridine rings is 1. The molecule has 134 valence electrons. The predicted octanol–water partition coefficient (Wildman–Crippen LogP) is 4.90. The van der Waals surface area contributed by atoms with Crippen molar-refractivity contribution in [2.24, 2.45) is 0 Å². The quantitative estimate of drug-likeness (QED) is 0.511. The summed E-state index contributed by atoms with van der Waals surface area (Å²) in [6.45, 7) is 0.546. The Hall–Kier alpha value is -3.04. The average Bonchev–Trinajstić information content (AvgIpc) is 3.20. The van der Waals surface area contributed by atoms with Gasteiger partial charge < -0.3 is 9.40 Å². The number of aromatic amines is 1. The highest BCUT2D eigenvalue weighted by atomic mass is 19.4. The van der Waals surface area contributed by atoms with Gasteiger partial charge in [-0.3, -0.25) is 0 Å². The number of nitrogens with zero attached hydrogens (tertiary/aromatic N) is 3. The van der Waals surface area contributed by atoms with Crippen molar-refractivity contribution in [3.05, 3.63) is 41.9 Å². The number of aromatic nitrogens is 4. The van der Waals surface area contributed by atoms with Crippen LogP contribution in [0.3, 0.4) is 0 Å². The van der Waals surface area contributed by atoms with Crippen molar-refractivity contribution in [3.63, 3.8) is 0 Å². The summed E-state index contributed by atoms with van der Waals surface area (Å²) < 4.78 is 72.4. The highest BCUT2D eigenvalue weighted by molar-refractivity contribution is 6.06. The topological polar surface area (TPSA) is 67.6 Å². The Bertz CT molecular complexity index is 1110. The first-order valence-electron chi connectivity index (χ1n) is 7.33. The first kappa shape index (κ1) is 16.4. The molecule has 0 fully saturated rings. The van der Waals surface area contributed by atoms with E-state index in [9.17, 15) is 22.0 Å². The normalized spacial score (nSPS) is 13.0. The molecule has 0 aliphatic heterocycles. The van der Waals surface area contributed by atoms with Crippen molar-refractivity contribution in [2.45, 2.75) is 19.0 Å². The maximum absolute atomic E-state index is 13.9. The highest BCUT2D eigenvalue weighted by Crippen LogP contribution is 2.39. The molecule has 5 nitrogen and oxygen atoms in total. The molecule has 3 aromatic heterocycles. The zero-order valence-corrected chi connectivity index (χ0v) is 13.0. The van der Waals surface area contributed by atoms with Crippen molar-refractivity contribution in [1.82, 2.24) is 20.2 Å². The molecule has 26 heavy (non-hydrogen) atoms. The molecule has 0 aliphatic carbocycles. The van der Waals surface area contributed by atoms with E-state index in [-0.39, 0.29) is 22.3 Å². The first-order chi connectivity index (χ1) is 12.1. The molecule has 4 aromatic rings. The van der Waals surface area contributed by atoms with Crippen LogP contribution < -0.4 is 0 Å². The predicted molar refractivity (Wildman–Crippen MR) is 81.5 cm³/mol. The van der Waals surface area contributed by atoms with Crippen LogP contribution in [0.15, 0.2) is 35.1 Å². The van der Waals surface area contributed by atoms with E-state index < -0.39 is 23.4 Å². The van der Waals surface area contributed by atoms with E-state index in [0.717, 1.165) is 6.39 Å². The van der Waals surface area contributed by atoms with Crippen LogP contribution in [0.2, 0.25) is 0 Å². The zero-order chi connectivity index (χ0) is 18.7. The van der Waals surface area contributed by atoms with Crippen LogP contribution in [0.5, 0.6) is 0 Å². The van der Waals surface area contributed by atoms with E-state index in [1.54, 1.807) is 6.07 Å². The number of hydrogen-bond acceptors (Lipinski definition) is 4. The lowest BCUT2D eigenvalue weighted by Gasteiger charge is -2.16. The van der Waals surface area contributed by atoms with E-state index in [1.165, 1.54) is 12.1 Å². The van der Waals surface area contributed by atoms with E-state index in [4.69, 9.17) is 4.42 Å². The van der Waals surface area contributed by atoms with Crippen molar-refractivity contribution in [1.29, 1.82) is 0 Å². The molecule has 0 unspecified atom stereocenters. The number of halogens is 5. The molecule has 0 spiro atoms. The smallest absolute Gasteiger partial charge is 0.422 e. The lowest BCUT2D eigenvalue weighted by molar-refractivity contribution is -0.141. The van der Waals surface area contributed by atoms with Crippen molar-refractivity contribution >= 4 is 21.8 Å². The molecule has 1 aromatic carbocycles. The second-order valence-corrected chi connectivity index (χ2v) is 5.79. The summed E-state index contributed by atoms with van der Waals surface area (Å²) in [5.74, 6) is -3.36. The maximum Gasteiger partial charge on any atom is 0.433 e. The molecule has 0 radical (unpaired) electrons. The Morgan fingerprint density at radius 3 is 2.46 bits per heavy atom. The Balaban J connectivity index is 2.09. The molecule has 1 N–H and O–H groups in total. The largest absolute Gasteiger partial charge is 0.433 e. The Labute approximate surface area is 141 Å². The van der Waals surface area contributed by atoms with Crippen LogP contribution in [0, 0.1) is 0 Å².